The average molecular weight is 300 g/mol. The van der Waals surface area contributed by atoms with E-state index in [-0.39, 0.29) is 16.7 Å². The number of nitro groups is 1. The van der Waals surface area contributed by atoms with E-state index >= 15 is 0 Å². The van der Waals surface area contributed by atoms with Crippen molar-refractivity contribution >= 4 is 22.1 Å². The van der Waals surface area contributed by atoms with Crippen LogP contribution < -0.4 is 10.6 Å². The van der Waals surface area contributed by atoms with Gasteiger partial charge in [-0.2, -0.15) is 0 Å². The molecule has 2 unspecified atom stereocenters. The predicted molar refractivity (Wildman–Crippen MR) is 87.0 cm³/mol. The van der Waals surface area contributed by atoms with Crippen molar-refractivity contribution in [2.75, 3.05) is 18.0 Å². The van der Waals surface area contributed by atoms with Gasteiger partial charge in [0, 0.05) is 48.7 Å². The quantitative estimate of drug-likeness (QED) is 0.696. The maximum atomic E-state index is 11.2. The van der Waals surface area contributed by atoms with Crippen molar-refractivity contribution in [3.8, 4) is 0 Å². The zero-order valence-electron chi connectivity index (χ0n) is 12.6. The van der Waals surface area contributed by atoms with E-state index in [4.69, 9.17) is 5.73 Å². The number of nitro benzene ring substituents is 1. The highest BCUT2D eigenvalue weighted by molar-refractivity contribution is 5.99. The molecule has 0 spiro atoms. The molecule has 116 valence electrons. The maximum absolute atomic E-state index is 11.2. The third kappa shape index (κ3) is 2.39. The summed E-state index contributed by atoms with van der Waals surface area (Å²) in [5.74, 6) is 0.519. The number of piperidine rings is 1. The van der Waals surface area contributed by atoms with Crippen molar-refractivity contribution in [2.45, 2.75) is 25.8 Å². The number of benzene rings is 1. The molecule has 1 aliphatic rings. The molecule has 22 heavy (non-hydrogen) atoms. The summed E-state index contributed by atoms with van der Waals surface area (Å²) in [7, 11) is 0. The average Bonchev–Trinajstić information content (AvgIpc) is 2.53. The number of rotatable bonds is 3. The number of anilines is 1. The van der Waals surface area contributed by atoms with Crippen LogP contribution in [0, 0.1) is 16.0 Å². The summed E-state index contributed by atoms with van der Waals surface area (Å²) in [5.41, 5.74) is 7.10. The Morgan fingerprint density at radius 3 is 2.95 bits per heavy atom. The van der Waals surface area contributed by atoms with E-state index in [0.29, 0.717) is 17.8 Å². The van der Waals surface area contributed by atoms with Gasteiger partial charge in [-0.3, -0.25) is 15.1 Å². The molecule has 2 atom stereocenters. The minimum absolute atomic E-state index is 0.0983. The summed E-state index contributed by atoms with van der Waals surface area (Å²) in [6.07, 6.45) is 5.54. The van der Waals surface area contributed by atoms with Crippen molar-refractivity contribution in [3.63, 3.8) is 0 Å². The van der Waals surface area contributed by atoms with Crippen molar-refractivity contribution in [2.24, 2.45) is 11.7 Å². The number of hydrogen-bond donors (Lipinski definition) is 1. The molecule has 2 heterocycles. The molecular formula is C16H20N4O2. The highest BCUT2D eigenvalue weighted by Crippen LogP contribution is 2.36. The Hall–Kier alpha value is -2.21. The molecule has 0 amide bonds. The fourth-order valence-electron chi connectivity index (χ4n) is 3.48. The lowest BCUT2D eigenvalue weighted by Gasteiger charge is -2.41. The SMILES string of the molecule is CC1CCCN(c2ccc([N+](=O)[O-])c3cnccc23)C1CN. The number of nitrogens with zero attached hydrogens (tertiary/aromatic N) is 3. The van der Waals surface area contributed by atoms with E-state index in [2.05, 4.69) is 16.8 Å². The van der Waals surface area contributed by atoms with E-state index in [9.17, 15) is 10.1 Å². The smallest absolute Gasteiger partial charge is 0.278 e. The number of non-ortho nitro benzene ring substituents is 1. The van der Waals surface area contributed by atoms with E-state index in [1.807, 2.05) is 12.1 Å². The van der Waals surface area contributed by atoms with Crippen LogP contribution >= 0.6 is 0 Å². The Morgan fingerprint density at radius 2 is 2.23 bits per heavy atom. The number of aromatic nitrogens is 1. The van der Waals surface area contributed by atoms with Gasteiger partial charge >= 0.3 is 0 Å². The summed E-state index contributed by atoms with van der Waals surface area (Å²) in [6, 6.07) is 5.55. The van der Waals surface area contributed by atoms with Crippen LogP contribution in [0.3, 0.4) is 0 Å². The number of fused-ring (bicyclic) bond motifs is 1. The largest absolute Gasteiger partial charge is 0.367 e. The molecular weight excluding hydrogens is 280 g/mol. The molecule has 1 aromatic carbocycles. The minimum atomic E-state index is -0.354. The Morgan fingerprint density at radius 1 is 1.41 bits per heavy atom. The number of pyridine rings is 1. The van der Waals surface area contributed by atoms with Gasteiger partial charge in [-0.15, -0.1) is 0 Å². The second-order valence-corrected chi connectivity index (χ2v) is 5.90. The molecule has 2 N–H and O–H groups in total. The molecule has 2 aromatic rings. The summed E-state index contributed by atoms with van der Waals surface area (Å²) >= 11 is 0. The Kier molecular flexibility index (Phi) is 3.94. The van der Waals surface area contributed by atoms with Gasteiger partial charge in [-0.25, -0.2) is 0 Å². The van der Waals surface area contributed by atoms with Gasteiger partial charge in [0.1, 0.15) is 0 Å². The summed E-state index contributed by atoms with van der Waals surface area (Å²) in [5, 5.41) is 12.7. The molecule has 1 aliphatic heterocycles. The van der Waals surface area contributed by atoms with Crippen LogP contribution in [0.2, 0.25) is 0 Å². The minimum Gasteiger partial charge on any atom is -0.367 e. The zero-order chi connectivity index (χ0) is 15.7. The fraction of sp³-hybridized carbons (Fsp3) is 0.438. The summed E-state index contributed by atoms with van der Waals surface area (Å²) in [4.78, 5) is 17.2. The monoisotopic (exact) mass is 300 g/mol. The lowest BCUT2D eigenvalue weighted by atomic mass is 9.90. The van der Waals surface area contributed by atoms with Gasteiger partial charge in [0.25, 0.3) is 5.69 Å². The second kappa shape index (κ2) is 5.88. The van der Waals surface area contributed by atoms with Gasteiger partial charge in [0.2, 0.25) is 0 Å². The predicted octanol–water partition coefficient (Wildman–Crippen LogP) is 2.71. The highest BCUT2D eigenvalue weighted by Gasteiger charge is 2.29. The molecule has 1 saturated heterocycles. The van der Waals surface area contributed by atoms with E-state index < -0.39 is 0 Å². The Bertz CT molecular complexity index is 704. The van der Waals surface area contributed by atoms with E-state index in [0.717, 1.165) is 24.0 Å². The maximum Gasteiger partial charge on any atom is 0.278 e. The third-order valence-electron chi connectivity index (χ3n) is 4.64. The van der Waals surface area contributed by atoms with Gasteiger partial charge in [-0.1, -0.05) is 6.92 Å². The summed E-state index contributed by atoms with van der Waals surface area (Å²) < 4.78 is 0. The molecule has 0 bridgehead atoms. The van der Waals surface area contributed by atoms with Gasteiger partial charge in [0.15, 0.2) is 0 Å². The van der Waals surface area contributed by atoms with Crippen molar-refractivity contribution in [1.82, 2.24) is 4.98 Å². The molecule has 6 heteroatoms. The first kappa shape index (κ1) is 14.7. The summed E-state index contributed by atoms with van der Waals surface area (Å²) in [6.45, 7) is 3.74. The zero-order valence-corrected chi connectivity index (χ0v) is 12.6. The highest BCUT2D eigenvalue weighted by atomic mass is 16.6. The molecule has 1 aromatic heterocycles. The number of hydrogen-bond acceptors (Lipinski definition) is 5. The molecule has 1 fully saturated rings. The lowest BCUT2D eigenvalue weighted by Crippen LogP contribution is -2.48. The van der Waals surface area contributed by atoms with Crippen LogP contribution in [0.5, 0.6) is 0 Å². The van der Waals surface area contributed by atoms with Crippen LogP contribution in [0.1, 0.15) is 19.8 Å². The Balaban J connectivity index is 2.15. The number of nitrogens with two attached hydrogens (primary N) is 1. The van der Waals surface area contributed by atoms with Gasteiger partial charge < -0.3 is 10.6 Å². The topological polar surface area (TPSA) is 85.3 Å². The van der Waals surface area contributed by atoms with Crippen LogP contribution in [0.4, 0.5) is 11.4 Å². The molecule has 0 aliphatic carbocycles. The van der Waals surface area contributed by atoms with Crippen LogP contribution in [-0.2, 0) is 0 Å². The van der Waals surface area contributed by atoms with Crippen molar-refractivity contribution in [3.05, 3.63) is 40.7 Å². The first-order valence-corrected chi connectivity index (χ1v) is 7.61. The Labute approximate surface area is 129 Å². The third-order valence-corrected chi connectivity index (χ3v) is 4.64. The van der Waals surface area contributed by atoms with Gasteiger partial charge in [-0.05, 0) is 30.9 Å². The standard InChI is InChI=1S/C16H20N4O2/c1-11-3-2-8-19(16(11)9-17)14-4-5-15(20(21)22)13-10-18-7-6-12(13)14/h4-7,10-11,16H,2-3,8-9,17H2,1H3. The lowest BCUT2D eigenvalue weighted by molar-refractivity contribution is -0.383. The molecule has 6 nitrogen and oxygen atoms in total. The molecule has 0 saturated carbocycles. The van der Waals surface area contributed by atoms with E-state index in [1.165, 1.54) is 6.42 Å². The van der Waals surface area contributed by atoms with Crippen molar-refractivity contribution in [1.29, 1.82) is 0 Å². The van der Waals surface area contributed by atoms with Crippen LogP contribution in [0.15, 0.2) is 30.6 Å². The van der Waals surface area contributed by atoms with E-state index in [1.54, 1.807) is 18.5 Å². The van der Waals surface area contributed by atoms with Crippen LogP contribution in [-0.4, -0.2) is 29.0 Å². The van der Waals surface area contributed by atoms with Crippen molar-refractivity contribution < 1.29 is 4.92 Å². The first-order valence-electron chi connectivity index (χ1n) is 7.61. The van der Waals surface area contributed by atoms with Crippen LogP contribution in [0.25, 0.3) is 10.8 Å². The fourth-order valence-corrected chi connectivity index (χ4v) is 3.48. The van der Waals surface area contributed by atoms with Gasteiger partial charge in [0.05, 0.1) is 10.3 Å². The normalized spacial score (nSPS) is 22.0. The second-order valence-electron chi connectivity index (χ2n) is 5.90. The molecule has 3 rings (SSSR count). The first-order chi connectivity index (χ1) is 10.6. The molecule has 0 radical (unpaired) electrons.